The van der Waals surface area contributed by atoms with E-state index in [4.69, 9.17) is 10.2 Å². The van der Waals surface area contributed by atoms with Crippen molar-refractivity contribution in [1.82, 2.24) is 0 Å². The SMILES string of the molecule is CC(C)(C)CC[C@H](CO)CCCO. The van der Waals surface area contributed by atoms with Gasteiger partial charge in [-0.3, -0.25) is 0 Å². The average Bonchev–Trinajstić information content (AvgIpc) is 2.03. The Morgan fingerprint density at radius 3 is 2.08 bits per heavy atom. The minimum atomic E-state index is 0.242. The Labute approximate surface area is 82.0 Å². The van der Waals surface area contributed by atoms with Crippen LogP contribution in [0.15, 0.2) is 0 Å². The molecule has 0 aromatic carbocycles. The van der Waals surface area contributed by atoms with Crippen molar-refractivity contribution in [3.8, 4) is 0 Å². The first kappa shape index (κ1) is 12.9. The van der Waals surface area contributed by atoms with Crippen LogP contribution < -0.4 is 0 Å². The van der Waals surface area contributed by atoms with E-state index >= 15 is 0 Å². The van der Waals surface area contributed by atoms with Gasteiger partial charge in [0, 0.05) is 13.2 Å². The number of hydrogen-bond donors (Lipinski definition) is 2. The van der Waals surface area contributed by atoms with Crippen LogP contribution in [0.25, 0.3) is 0 Å². The fourth-order valence-electron chi connectivity index (χ4n) is 1.34. The zero-order valence-electron chi connectivity index (χ0n) is 9.21. The van der Waals surface area contributed by atoms with Crippen molar-refractivity contribution in [3.63, 3.8) is 0 Å². The number of aliphatic hydroxyl groups excluding tert-OH is 2. The zero-order chi connectivity index (χ0) is 10.3. The molecule has 0 aromatic heterocycles. The monoisotopic (exact) mass is 188 g/mol. The van der Waals surface area contributed by atoms with E-state index in [-0.39, 0.29) is 13.2 Å². The maximum Gasteiger partial charge on any atom is 0.0459 e. The Kier molecular flexibility index (Phi) is 6.35. The van der Waals surface area contributed by atoms with Crippen molar-refractivity contribution >= 4 is 0 Å². The van der Waals surface area contributed by atoms with E-state index < -0.39 is 0 Å². The molecule has 0 saturated heterocycles. The van der Waals surface area contributed by atoms with Gasteiger partial charge in [0.1, 0.15) is 0 Å². The molecule has 0 spiro atoms. The smallest absolute Gasteiger partial charge is 0.0459 e. The van der Waals surface area contributed by atoms with E-state index in [2.05, 4.69) is 20.8 Å². The molecule has 0 heterocycles. The normalized spacial score (nSPS) is 14.5. The Balaban J connectivity index is 3.59. The second kappa shape index (κ2) is 6.39. The van der Waals surface area contributed by atoms with Crippen LogP contribution >= 0.6 is 0 Å². The van der Waals surface area contributed by atoms with E-state index in [9.17, 15) is 0 Å². The van der Waals surface area contributed by atoms with Gasteiger partial charge >= 0.3 is 0 Å². The van der Waals surface area contributed by atoms with Crippen LogP contribution in [-0.2, 0) is 0 Å². The van der Waals surface area contributed by atoms with Crippen molar-refractivity contribution < 1.29 is 10.2 Å². The van der Waals surface area contributed by atoms with Crippen molar-refractivity contribution in [2.45, 2.75) is 46.5 Å². The summed E-state index contributed by atoms with van der Waals surface area (Å²) in [5, 5.41) is 17.7. The lowest BCUT2D eigenvalue weighted by Crippen LogP contribution is -2.12. The fraction of sp³-hybridized carbons (Fsp3) is 1.00. The van der Waals surface area contributed by atoms with Gasteiger partial charge in [0.2, 0.25) is 0 Å². The van der Waals surface area contributed by atoms with E-state index in [1.165, 1.54) is 0 Å². The Bertz CT molecular complexity index is 116. The minimum absolute atomic E-state index is 0.242. The molecule has 1 atom stereocenters. The molecule has 0 aliphatic heterocycles. The van der Waals surface area contributed by atoms with Crippen LogP contribution in [-0.4, -0.2) is 23.4 Å². The zero-order valence-corrected chi connectivity index (χ0v) is 9.21. The summed E-state index contributed by atoms with van der Waals surface area (Å²) in [7, 11) is 0. The molecule has 0 aromatic rings. The highest BCUT2D eigenvalue weighted by molar-refractivity contribution is 4.66. The molecular weight excluding hydrogens is 164 g/mol. The van der Waals surface area contributed by atoms with Crippen molar-refractivity contribution in [3.05, 3.63) is 0 Å². The molecule has 0 saturated carbocycles. The summed E-state index contributed by atoms with van der Waals surface area (Å²) in [6, 6.07) is 0. The Hall–Kier alpha value is -0.0800. The fourth-order valence-corrected chi connectivity index (χ4v) is 1.34. The van der Waals surface area contributed by atoms with Gasteiger partial charge in [0.15, 0.2) is 0 Å². The molecule has 80 valence electrons. The predicted molar refractivity (Wildman–Crippen MR) is 55.6 cm³/mol. The molecule has 0 bridgehead atoms. The van der Waals surface area contributed by atoms with E-state index in [1.54, 1.807) is 0 Å². The molecule has 2 N–H and O–H groups in total. The summed E-state index contributed by atoms with van der Waals surface area (Å²) in [5.74, 6) is 0.381. The van der Waals surface area contributed by atoms with E-state index in [0.717, 1.165) is 25.7 Å². The summed E-state index contributed by atoms with van der Waals surface area (Å²) < 4.78 is 0. The Morgan fingerprint density at radius 1 is 1.08 bits per heavy atom. The third-order valence-electron chi connectivity index (χ3n) is 2.33. The summed E-state index contributed by atoms with van der Waals surface area (Å²) in [4.78, 5) is 0. The maximum absolute atomic E-state index is 9.07. The van der Waals surface area contributed by atoms with Crippen LogP contribution in [0.4, 0.5) is 0 Å². The summed E-state index contributed by atoms with van der Waals surface area (Å²) in [5.41, 5.74) is 0.354. The van der Waals surface area contributed by atoms with Gasteiger partial charge in [-0.25, -0.2) is 0 Å². The summed E-state index contributed by atoms with van der Waals surface area (Å²) in [6.45, 7) is 7.15. The van der Waals surface area contributed by atoms with Crippen LogP contribution in [0.2, 0.25) is 0 Å². The van der Waals surface area contributed by atoms with Gasteiger partial charge in [0.25, 0.3) is 0 Å². The Morgan fingerprint density at radius 2 is 1.69 bits per heavy atom. The first-order valence-corrected chi connectivity index (χ1v) is 5.21. The van der Waals surface area contributed by atoms with Gasteiger partial charge < -0.3 is 10.2 Å². The standard InChI is InChI=1S/C11H24O2/c1-11(2,3)7-6-10(9-13)5-4-8-12/h10,12-13H,4-9H2,1-3H3/t10-/m1/s1. The van der Waals surface area contributed by atoms with Crippen molar-refractivity contribution in [2.75, 3.05) is 13.2 Å². The average molecular weight is 188 g/mol. The van der Waals surface area contributed by atoms with Crippen LogP contribution in [0.3, 0.4) is 0 Å². The number of rotatable bonds is 6. The molecule has 13 heavy (non-hydrogen) atoms. The van der Waals surface area contributed by atoms with E-state index in [0.29, 0.717) is 11.3 Å². The minimum Gasteiger partial charge on any atom is -0.396 e. The van der Waals surface area contributed by atoms with Gasteiger partial charge in [-0.05, 0) is 37.0 Å². The van der Waals surface area contributed by atoms with Crippen molar-refractivity contribution in [2.24, 2.45) is 11.3 Å². The largest absolute Gasteiger partial charge is 0.396 e. The van der Waals surface area contributed by atoms with Crippen LogP contribution in [0.1, 0.15) is 46.5 Å². The van der Waals surface area contributed by atoms with Crippen LogP contribution in [0.5, 0.6) is 0 Å². The lowest BCUT2D eigenvalue weighted by molar-refractivity contribution is 0.180. The van der Waals surface area contributed by atoms with Crippen LogP contribution in [0, 0.1) is 11.3 Å². The second-order valence-electron chi connectivity index (χ2n) is 5.01. The third-order valence-corrected chi connectivity index (χ3v) is 2.33. The molecular formula is C11H24O2. The third kappa shape index (κ3) is 8.26. The molecule has 0 radical (unpaired) electrons. The predicted octanol–water partition coefficient (Wildman–Crippen LogP) is 2.19. The first-order valence-electron chi connectivity index (χ1n) is 5.21. The summed E-state index contributed by atoms with van der Waals surface area (Å²) >= 11 is 0. The van der Waals surface area contributed by atoms with Crippen molar-refractivity contribution in [1.29, 1.82) is 0 Å². The van der Waals surface area contributed by atoms with E-state index in [1.807, 2.05) is 0 Å². The highest BCUT2D eigenvalue weighted by Crippen LogP contribution is 2.25. The molecule has 0 amide bonds. The summed E-state index contributed by atoms with van der Waals surface area (Å²) in [6.07, 6.45) is 3.97. The van der Waals surface area contributed by atoms with Gasteiger partial charge in [-0.2, -0.15) is 0 Å². The lowest BCUT2D eigenvalue weighted by Gasteiger charge is -2.21. The maximum atomic E-state index is 9.07. The molecule has 0 fully saturated rings. The first-order chi connectivity index (χ1) is 5.99. The second-order valence-corrected chi connectivity index (χ2v) is 5.01. The molecule has 0 aliphatic rings. The molecule has 0 unspecified atom stereocenters. The molecule has 2 heteroatoms. The molecule has 0 rings (SSSR count). The number of aliphatic hydroxyl groups is 2. The van der Waals surface area contributed by atoms with Gasteiger partial charge in [-0.15, -0.1) is 0 Å². The quantitative estimate of drug-likeness (QED) is 0.671. The lowest BCUT2D eigenvalue weighted by atomic mass is 9.85. The van der Waals surface area contributed by atoms with Gasteiger partial charge in [-0.1, -0.05) is 20.8 Å². The topological polar surface area (TPSA) is 40.5 Å². The highest BCUT2D eigenvalue weighted by Gasteiger charge is 2.14. The molecule has 0 aliphatic carbocycles. The molecule has 2 nitrogen and oxygen atoms in total. The van der Waals surface area contributed by atoms with Gasteiger partial charge in [0.05, 0.1) is 0 Å². The number of hydrogen-bond acceptors (Lipinski definition) is 2. The highest BCUT2D eigenvalue weighted by atomic mass is 16.3.